The predicted octanol–water partition coefficient (Wildman–Crippen LogP) is 2.03. The summed E-state index contributed by atoms with van der Waals surface area (Å²) in [5.41, 5.74) is 0.637. The summed E-state index contributed by atoms with van der Waals surface area (Å²) in [4.78, 5) is 24.2. The molecular weight excluding hydrogens is 240 g/mol. The fraction of sp³-hybridized carbons (Fsp3) is 0.467. The van der Waals surface area contributed by atoms with Crippen molar-refractivity contribution in [3.63, 3.8) is 0 Å². The zero-order valence-corrected chi connectivity index (χ0v) is 11.6. The summed E-state index contributed by atoms with van der Waals surface area (Å²) < 4.78 is 0. The molecular formula is C15H20N2O2. The van der Waals surface area contributed by atoms with Crippen molar-refractivity contribution in [2.45, 2.75) is 20.8 Å². The molecule has 1 aromatic carbocycles. The average Bonchev–Trinajstić information content (AvgIpc) is 2.72. The molecule has 2 atom stereocenters. The molecule has 0 aliphatic carbocycles. The third-order valence-electron chi connectivity index (χ3n) is 3.62. The molecule has 4 heteroatoms. The van der Waals surface area contributed by atoms with Crippen molar-refractivity contribution in [2.24, 2.45) is 17.3 Å². The van der Waals surface area contributed by atoms with Gasteiger partial charge in [0.2, 0.25) is 11.8 Å². The first-order chi connectivity index (χ1) is 8.89. The largest absolute Gasteiger partial charge is 0.355 e. The van der Waals surface area contributed by atoms with Gasteiger partial charge in [0.1, 0.15) is 5.92 Å². The van der Waals surface area contributed by atoms with Gasteiger partial charge < -0.3 is 10.6 Å². The molecule has 0 unspecified atom stereocenters. The molecule has 4 nitrogen and oxygen atoms in total. The number of rotatable bonds is 2. The predicted molar refractivity (Wildman–Crippen MR) is 74.5 cm³/mol. The smallest absolute Gasteiger partial charge is 0.237 e. The van der Waals surface area contributed by atoms with E-state index in [0.29, 0.717) is 6.54 Å². The standard InChI is InChI=1S/C15H20N2O2/c1-15(2,3)11-9-16-13(18)12(11)14(19)17-10-7-5-4-6-8-10/h4-8,11-12H,9H2,1-3H3,(H,16,18)(H,17,19)/t11-,12+/m0/s1. The third kappa shape index (κ3) is 2.95. The molecule has 1 saturated heterocycles. The lowest BCUT2D eigenvalue weighted by Crippen LogP contribution is -2.37. The lowest BCUT2D eigenvalue weighted by atomic mass is 9.74. The van der Waals surface area contributed by atoms with Gasteiger partial charge in [-0.3, -0.25) is 9.59 Å². The molecule has 0 aromatic heterocycles. The van der Waals surface area contributed by atoms with Crippen molar-refractivity contribution in [2.75, 3.05) is 11.9 Å². The van der Waals surface area contributed by atoms with Gasteiger partial charge in [0.05, 0.1) is 0 Å². The summed E-state index contributed by atoms with van der Waals surface area (Å²) in [6, 6.07) is 9.22. The van der Waals surface area contributed by atoms with Crippen molar-refractivity contribution in [1.29, 1.82) is 0 Å². The maximum Gasteiger partial charge on any atom is 0.237 e. The van der Waals surface area contributed by atoms with Gasteiger partial charge in [-0.15, -0.1) is 0 Å². The summed E-state index contributed by atoms with van der Waals surface area (Å²) in [6.45, 7) is 6.73. The first-order valence-corrected chi connectivity index (χ1v) is 6.53. The molecule has 1 aliphatic rings. The minimum atomic E-state index is -0.611. The van der Waals surface area contributed by atoms with Crippen LogP contribution in [0.3, 0.4) is 0 Å². The lowest BCUT2D eigenvalue weighted by Gasteiger charge is -2.29. The van der Waals surface area contributed by atoms with Gasteiger partial charge in [0, 0.05) is 18.2 Å². The first kappa shape index (κ1) is 13.6. The number of hydrogen-bond donors (Lipinski definition) is 2. The monoisotopic (exact) mass is 260 g/mol. The van der Waals surface area contributed by atoms with Crippen molar-refractivity contribution in [1.82, 2.24) is 5.32 Å². The summed E-state index contributed by atoms with van der Waals surface area (Å²) >= 11 is 0. The Morgan fingerprint density at radius 2 is 1.89 bits per heavy atom. The van der Waals surface area contributed by atoms with Crippen LogP contribution in [-0.2, 0) is 9.59 Å². The molecule has 0 spiro atoms. The Balaban J connectivity index is 2.15. The van der Waals surface area contributed by atoms with Crippen molar-refractivity contribution < 1.29 is 9.59 Å². The van der Waals surface area contributed by atoms with Gasteiger partial charge in [0.15, 0.2) is 0 Å². The van der Waals surface area contributed by atoms with E-state index in [1.807, 2.05) is 30.3 Å². The van der Waals surface area contributed by atoms with E-state index < -0.39 is 5.92 Å². The second-order valence-corrected chi connectivity index (χ2v) is 6.05. The quantitative estimate of drug-likeness (QED) is 0.799. The summed E-state index contributed by atoms with van der Waals surface area (Å²) in [5, 5.41) is 5.61. The van der Waals surface area contributed by atoms with Gasteiger partial charge in [-0.2, -0.15) is 0 Å². The second-order valence-electron chi connectivity index (χ2n) is 6.05. The number of nitrogens with one attached hydrogen (secondary N) is 2. The lowest BCUT2D eigenvalue weighted by molar-refractivity contribution is -0.132. The van der Waals surface area contributed by atoms with Crippen LogP contribution in [0.2, 0.25) is 0 Å². The second kappa shape index (κ2) is 5.03. The van der Waals surface area contributed by atoms with Crippen LogP contribution in [0.15, 0.2) is 30.3 Å². The van der Waals surface area contributed by atoms with Gasteiger partial charge >= 0.3 is 0 Å². The number of anilines is 1. The van der Waals surface area contributed by atoms with Gasteiger partial charge in [-0.05, 0) is 17.5 Å². The Hall–Kier alpha value is -1.84. The van der Waals surface area contributed by atoms with Crippen molar-refractivity contribution >= 4 is 17.5 Å². The van der Waals surface area contributed by atoms with E-state index >= 15 is 0 Å². The van der Waals surface area contributed by atoms with Crippen LogP contribution in [-0.4, -0.2) is 18.4 Å². The average molecular weight is 260 g/mol. The Morgan fingerprint density at radius 1 is 1.26 bits per heavy atom. The number of para-hydroxylation sites is 1. The van der Waals surface area contributed by atoms with E-state index in [4.69, 9.17) is 0 Å². The van der Waals surface area contributed by atoms with Crippen LogP contribution in [0.4, 0.5) is 5.69 Å². The first-order valence-electron chi connectivity index (χ1n) is 6.53. The Bertz CT molecular complexity index is 477. The minimum Gasteiger partial charge on any atom is -0.355 e. The highest BCUT2D eigenvalue weighted by atomic mass is 16.2. The number of benzene rings is 1. The van der Waals surface area contributed by atoms with E-state index in [9.17, 15) is 9.59 Å². The number of hydrogen-bond acceptors (Lipinski definition) is 2. The highest BCUT2D eigenvalue weighted by Crippen LogP contribution is 2.35. The van der Waals surface area contributed by atoms with E-state index in [1.165, 1.54) is 0 Å². The molecule has 2 amide bonds. The third-order valence-corrected chi connectivity index (χ3v) is 3.62. The highest BCUT2D eigenvalue weighted by Gasteiger charge is 2.45. The fourth-order valence-corrected chi connectivity index (χ4v) is 2.47. The molecule has 102 valence electrons. The van der Waals surface area contributed by atoms with Crippen LogP contribution >= 0.6 is 0 Å². The maximum atomic E-state index is 12.3. The molecule has 2 rings (SSSR count). The van der Waals surface area contributed by atoms with Gasteiger partial charge in [-0.1, -0.05) is 39.0 Å². The van der Waals surface area contributed by atoms with Crippen molar-refractivity contribution in [3.8, 4) is 0 Å². The Morgan fingerprint density at radius 3 is 2.47 bits per heavy atom. The fourth-order valence-electron chi connectivity index (χ4n) is 2.47. The SMILES string of the molecule is CC(C)(C)[C@H]1CNC(=O)[C@@H]1C(=O)Nc1ccccc1. The van der Waals surface area contributed by atoms with E-state index in [2.05, 4.69) is 31.4 Å². The number of carbonyl (C=O) groups excluding carboxylic acids is 2. The zero-order chi connectivity index (χ0) is 14.0. The van der Waals surface area contributed by atoms with Crippen LogP contribution in [0.5, 0.6) is 0 Å². The van der Waals surface area contributed by atoms with Gasteiger partial charge in [0.25, 0.3) is 0 Å². The van der Waals surface area contributed by atoms with Crippen LogP contribution < -0.4 is 10.6 Å². The molecule has 0 saturated carbocycles. The Labute approximate surface area is 113 Å². The molecule has 0 bridgehead atoms. The van der Waals surface area contributed by atoms with E-state index in [-0.39, 0.29) is 23.1 Å². The molecule has 1 heterocycles. The summed E-state index contributed by atoms with van der Waals surface area (Å²) in [6.07, 6.45) is 0. The molecule has 1 aromatic rings. The molecule has 19 heavy (non-hydrogen) atoms. The van der Waals surface area contributed by atoms with Crippen LogP contribution in [0.1, 0.15) is 20.8 Å². The topological polar surface area (TPSA) is 58.2 Å². The summed E-state index contributed by atoms with van der Waals surface area (Å²) in [5.74, 6) is -0.988. The highest BCUT2D eigenvalue weighted by molar-refractivity contribution is 6.07. The normalized spacial score (nSPS) is 23.0. The van der Waals surface area contributed by atoms with Crippen LogP contribution in [0, 0.1) is 17.3 Å². The molecule has 0 radical (unpaired) electrons. The maximum absolute atomic E-state index is 12.3. The van der Waals surface area contributed by atoms with E-state index in [0.717, 1.165) is 5.69 Å². The minimum absolute atomic E-state index is 0.0173. The molecule has 2 N–H and O–H groups in total. The Kier molecular flexibility index (Phi) is 3.60. The number of amides is 2. The zero-order valence-electron chi connectivity index (χ0n) is 11.6. The van der Waals surface area contributed by atoms with Crippen LogP contribution in [0.25, 0.3) is 0 Å². The van der Waals surface area contributed by atoms with Gasteiger partial charge in [-0.25, -0.2) is 0 Å². The molecule has 1 fully saturated rings. The molecule has 1 aliphatic heterocycles. The van der Waals surface area contributed by atoms with Crippen molar-refractivity contribution in [3.05, 3.63) is 30.3 Å². The van der Waals surface area contributed by atoms with E-state index in [1.54, 1.807) is 0 Å². The number of carbonyl (C=O) groups is 2. The summed E-state index contributed by atoms with van der Waals surface area (Å²) in [7, 11) is 0.